The molecule has 2 heterocycles. The average molecular weight is 249 g/mol. The van der Waals surface area contributed by atoms with Gasteiger partial charge in [0.25, 0.3) is 0 Å². The van der Waals surface area contributed by atoms with E-state index in [0.29, 0.717) is 0 Å². The highest BCUT2D eigenvalue weighted by molar-refractivity contribution is 8.00. The van der Waals surface area contributed by atoms with E-state index >= 15 is 0 Å². The summed E-state index contributed by atoms with van der Waals surface area (Å²) in [5.74, 6) is 0.923. The fourth-order valence-corrected chi connectivity index (χ4v) is 3.41. The van der Waals surface area contributed by atoms with Gasteiger partial charge in [-0.3, -0.25) is 0 Å². The van der Waals surface area contributed by atoms with Gasteiger partial charge in [-0.2, -0.15) is 0 Å². The first-order chi connectivity index (χ1) is 6.34. The lowest BCUT2D eigenvalue weighted by Crippen LogP contribution is -1.73. The first-order valence-electron chi connectivity index (χ1n) is 3.48. The van der Waals surface area contributed by atoms with Crippen molar-refractivity contribution >= 4 is 46.0 Å². The number of thiophene rings is 1. The Morgan fingerprint density at radius 2 is 2.38 bits per heavy atom. The molecule has 0 aliphatic heterocycles. The molecule has 0 spiro atoms. The molecule has 13 heavy (non-hydrogen) atoms. The van der Waals surface area contributed by atoms with E-state index in [0.717, 1.165) is 14.4 Å². The van der Waals surface area contributed by atoms with Gasteiger partial charge in [-0.15, -0.1) is 21.5 Å². The highest BCUT2D eigenvalue weighted by Gasteiger charge is 2.01. The molecule has 0 amide bonds. The van der Waals surface area contributed by atoms with Gasteiger partial charge in [0.2, 0.25) is 0 Å². The van der Waals surface area contributed by atoms with Crippen molar-refractivity contribution < 1.29 is 0 Å². The fraction of sp³-hybridized carbons (Fsp3) is 0.143. The monoisotopic (exact) mass is 248 g/mol. The summed E-state index contributed by atoms with van der Waals surface area (Å²) in [5, 5.41) is 7.71. The van der Waals surface area contributed by atoms with Gasteiger partial charge in [0.1, 0.15) is 5.51 Å². The van der Waals surface area contributed by atoms with Gasteiger partial charge in [0, 0.05) is 10.6 Å². The van der Waals surface area contributed by atoms with Crippen molar-refractivity contribution in [3.05, 3.63) is 26.9 Å². The fourth-order valence-electron chi connectivity index (χ4n) is 0.788. The molecule has 2 aromatic rings. The minimum Gasteiger partial charge on any atom is -0.146 e. The maximum absolute atomic E-state index is 5.80. The molecular weight excluding hydrogens is 244 g/mol. The molecule has 0 saturated carbocycles. The van der Waals surface area contributed by atoms with Gasteiger partial charge in [0.15, 0.2) is 4.34 Å². The van der Waals surface area contributed by atoms with E-state index in [1.165, 1.54) is 4.88 Å². The number of halogens is 1. The number of hydrogen-bond donors (Lipinski definition) is 0. The summed E-state index contributed by atoms with van der Waals surface area (Å²) < 4.78 is 1.84. The second-order valence-electron chi connectivity index (χ2n) is 2.20. The molecule has 2 nitrogen and oxygen atoms in total. The molecule has 2 rings (SSSR count). The van der Waals surface area contributed by atoms with E-state index in [9.17, 15) is 0 Å². The zero-order chi connectivity index (χ0) is 9.10. The second-order valence-corrected chi connectivity index (χ2v) is 6.05. The van der Waals surface area contributed by atoms with Crippen molar-refractivity contribution in [1.82, 2.24) is 10.2 Å². The topological polar surface area (TPSA) is 25.8 Å². The molecule has 6 heteroatoms. The lowest BCUT2D eigenvalue weighted by molar-refractivity contribution is 1.01. The van der Waals surface area contributed by atoms with Crippen molar-refractivity contribution in [2.24, 2.45) is 0 Å². The lowest BCUT2D eigenvalue weighted by Gasteiger charge is -1.91. The van der Waals surface area contributed by atoms with Gasteiger partial charge < -0.3 is 0 Å². The van der Waals surface area contributed by atoms with Crippen LogP contribution in [-0.4, -0.2) is 10.2 Å². The summed E-state index contributed by atoms with van der Waals surface area (Å²) in [6.45, 7) is 0. The van der Waals surface area contributed by atoms with Crippen LogP contribution in [0.2, 0.25) is 4.34 Å². The van der Waals surface area contributed by atoms with Gasteiger partial charge in [-0.25, -0.2) is 0 Å². The molecule has 0 bridgehead atoms. The quantitative estimate of drug-likeness (QED) is 0.777. The van der Waals surface area contributed by atoms with Crippen LogP contribution in [0.4, 0.5) is 0 Å². The lowest BCUT2D eigenvalue weighted by atomic mass is 10.5. The van der Waals surface area contributed by atoms with Gasteiger partial charge >= 0.3 is 0 Å². The van der Waals surface area contributed by atoms with Crippen molar-refractivity contribution in [2.45, 2.75) is 10.1 Å². The van der Waals surface area contributed by atoms with E-state index in [1.807, 2.05) is 12.1 Å². The smallest absolute Gasteiger partial charge is 0.146 e. The zero-order valence-electron chi connectivity index (χ0n) is 6.44. The van der Waals surface area contributed by atoms with Crippen LogP contribution < -0.4 is 0 Å². The Kier molecular flexibility index (Phi) is 3.21. The molecule has 68 valence electrons. The zero-order valence-corrected chi connectivity index (χ0v) is 9.64. The van der Waals surface area contributed by atoms with E-state index in [-0.39, 0.29) is 0 Å². The van der Waals surface area contributed by atoms with E-state index in [4.69, 9.17) is 11.6 Å². The van der Waals surface area contributed by atoms with Crippen LogP contribution in [-0.2, 0) is 5.75 Å². The number of nitrogens with zero attached hydrogens (tertiary/aromatic N) is 2. The maximum Gasteiger partial charge on any atom is 0.174 e. The largest absolute Gasteiger partial charge is 0.174 e. The molecule has 0 N–H and O–H groups in total. The predicted octanol–water partition coefficient (Wildman–Crippen LogP) is 3.55. The minimum absolute atomic E-state index is 0.841. The Morgan fingerprint density at radius 3 is 3.00 bits per heavy atom. The summed E-state index contributed by atoms with van der Waals surface area (Å²) in [5.41, 5.74) is 1.74. The molecule has 0 radical (unpaired) electrons. The molecule has 0 unspecified atom stereocenters. The van der Waals surface area contributed by atoms with Crippen LogP contribution in [0.3, 0.4) is 0 Å². The van der Waals surface area contributed by atoms with Crippen molar-refractivity contribution in [3.8, 4) is 0 Å². The van der Waals surface area contributed by atoms with Gasteiger partial charge in [-0.1, -0.05) is 34.7 Å². The van der Waals surface area contributed by atoms with E-state index < -0.39 is 0 Å². The molecule has 2 aromatic heterocycles. The predicted molar refractivity (Wildman–Crippen MR) is 58.8 cm³/mol. The Morgan fingerprint density at radius 1 is 1.46 bits per heavy atom. The Balaban J connectivity index is 1.93. The molecular formula is C7H5ClN2S3. The number of aromatic nitrogens is 2. The van der Waals surface area contributed by atoms with E-state index in [2.05, 4.69) is 10.2 Å². The molecule has 0 aromatic carbocycles. The Hall–Kier alpha value is -0.100. The summed E-state index contributed by atoms with van der Waals surface area (Å²) in [7, 11) is 0. The highest BCUT2D eigenvalue weighted by atomic mass is 35.5. The molecule has 0 atom stereocenters. The first kappa shape index (κ1) is 9.45. The number of thioether (sulfide) groups is 1. The summed E-state index contributed by atoms with van der Waals surface area (Å²) in [6.07, 6.45) is 0. The van der Waals surface area contributed by atoms with Crippen LogP contribution >= 0.6 is 46.0 Å². The van der Waals surface area contributed by atoms with Crippen molar-refractivity contribution in [1.29, 1.82) is 0 Å². The van der Waals surface area contributed by atoms with Crippen molar-refractivity contribution in [3.63, 3.8) is 0 Å². The first-order valence-corrected chi connectivity index (χ1v) is 6.54. The summed E-state index contributed by atoms with van der Waals surface area (Å²) >= 11 is 10.7. The summed E-state index contributed by atoms with van der Waals surface area (Å²) in [6, 6.07) is 3.96. The maximum atomic E-state index is 5.80. The SMILES string of the molecule is Clc1ccc(CSc2nncs2)s1. The van der Waals surface area contributed by atoms with Crippen molar-refractivity contribution in [2.75, 3.05) is 0 Å². The van der Waals surface area contributed by atoms with Crippen LogP contribution in [0.25, 0.3) is 0 Å². The standard InChI is InChI=1S/C7H5ClN2S3/c8-6-2-1-5(13-6)3-11-7-10-9-4-12-7/h1-2,4H,3H2. The van der Waals surface area contributed by atoms with Crippen LogP contribution in [0.15, 0.2) is 22.0 Å². The normalized spacial score (nSPS) is 10.5. The van der Waals surface area contributed by atoms with Crippen LogP contribution in [0.5, 0.6) is 0 Å². The third-order valence-electron chi connectivity index (χ3n) is 1.31. The minimum atomic E-state index is 0.841. The Labute approximate surface area is 93.0 Å². The molecule has 0 saturated heterocycles. The van der Waals surface area contributed by atoms with Gasteiger partial charge in [-0.05, 0) is 12.1 Å². The highest BCUT2D eigenvalue weighted by Crippen LogP contribution is 2.29. The molecule has 0 aliphatic carbocycles. The second kappa shape index (κ2) is 4.41. The molecule has 0 fully saturated rings. The third kappa shape index (κ3) is 2.67. The van der Waals surface area contributed by atoms with Crippen LogP contribution in [0.1, 0.15) is 4.88 Å². The van der Waals surface area contributed by atoms with E-state index in [1.54, 1.807) is 39.9 Å². The summed E-state index contributed by atoms with van der Waals surface area (Å²) in [4.78, 5) is 1.27. The van der Waals surface area contributed by atoms with Gasteiger partial charge in [0.05, 0.1) is 4.34 Å². The number of hydrogen-bond acceptors (Lipinski definition) is 5. The Bertz CT molecular complexity index is 371. The average Bonchev–Trinajstić information content (AvgIpc) is 2.71. The van der Waals surface area contributed by atoms with Crippen LogP contribution in [0, 0.1) is 0 Å². The molecule has 0 aliphatic rings. The third-order valence-corrected chi connectivity index (χ3v) is 4.63. The number of rotatable bonds is 3.